The summed E-state index contributed by atoms with van der Waals surface area (Å²) in [7, 11) is 0. The van der Waals surface area contributed by atoms with Crippen LogP contribution in [0.25, 0.3) is 0 Å². The highest BCUT2D eigenvalue weighted by Gasteiger charge is 2.23. The number of nitrogens with one attached hydrogen (secondary N) is 1. The van der Waals surface area contributed by atoms with Crippen molar-refractivity contribution in [2.45, 2.75) is 13.0 Å². The molecule has 0 saturated carbocycles. The summed E-state index contributed by atoms with van der Waals surface area (Å²) in [6.07, 6.45) is -0.667. The molecule has 0 spiro atoms. The molecule has 0 aromatic heterocycles. The summed E-state index contributed by atoms with van der Waals surface area (Å²) in [5, 5.41) is 3.17. The lowest BCUT2D eigenvalue weighted by atomic mass is 10.2. The topological polar surface area (TPSA) is 41.6 Å². The molecule has 1 heterocycles. The van der Waals surface area contributed by atoms with E-state index < -0.39 is 11.9 Å². The molecule has 1 N–H and O–H groups in total. The second-order valence-electron chi connectivity index (χ2n) is 4.27. The number of benzene rings is 1. The number of carbonyl (C=O) groups is 1. The van der Waals surface area contributed by atoms with Crippen LogP contribution in [0.5, 0.6) is 5.75 Å². The quantitative estimate of drug-likeness (QED) is 0.873. The molecule has 0 aliphatic carbocycles. The number of halogens is 1. The van der Waals surface area contributed by atoms with E-state index in [-0.39, 0.29) is 11.7 Å². The van der Waals surface area contributed by atoms with Gasteiger partial charge in [0.25, 0.3) is 5.91 Å². The highest BCUT2D eigenvalue weighted by molar-refractivity contribution is 5.81. The van der Waals surface area contributed by atoms with Gasteiger partial charge in [0, 0.05) is 26.2 Å². The van der Waals surface area contributed by atoms with Gasteiger partial charge in [-0.1, -0.05) is 12.1 Å². The third kappa shape index (κ3) is 2.98. The van der Waals surface area contributed by atoms with Crippen molar-refractivity contribution in [1.29, 1.82) is 0 Å². The molecule has 0 bridgehead atoms. The maximum absolute atomic E-state index is 13.4. The minimum atomic E-state index is -0.667. The summed E-state index contributed by atoms with van der Waals surface area (Å²) >= 11 is 0. The fourth-order valence-corrected chi connectivity index (χ4v) is 1.92. The van der Waals surface area contributed by atoms with Crippen molar-refractivity contribution in [2.24, 2.45) is 0 Å². The van der Waals surface area contributed by atoms with Crippen LogP contribution in [0.3, 0.4) is 0 Å². The first-order valence-electron chi connectivity index (χ1n) is 6.09. The van der Waals surface area contributed by atoms with Gasteiger partial charge >= 0.3 is 0 Å². The number of piperazine rings is 1. The van der Waals surface area contributed by atoms with Gasteiger partial charge in [0.2, 0.25) is 0 Å². The molecule has 1 aliphatic heterocycles. The number of nitrogens with zero attached hydrogens (tertiary/aromatic N) is 1. The largest absolute Gasteiger partial charge is 0.478 e. The van der Waals surface area contributed by atoms with Crippen molar-refractivity contribution in [2.75, 3.05) is 26.2 Å². The Morgan fingerprint density at radius 3 is 2.72 bits per heavy atom. The Morgan fingerprint density at radius 2 is 2.06 bits per heavy atom. The van der Waals surface area contributed by atoms with E-state index in [9.17, 15) is 9.18 Å². The van der Waals surface area contributed by atoms with Crippen molar-refractivity contribution in [1.82, 2.24) is 10.2 Å². The average molecular weight is 252 g/mol. The molecule has 1 amide bonds. The summed E-state index contributed by atoms with van der Waals surface area (Å²) in [5.41, 5.74) is 0. The van der Waals surface area contributed by atoms with Crippen LogP contribution < -0.4 is 10.1 Å². The lowest BCUT2D eigenvalue weighted by Crippen LogP contribution is -2.50. The summed E-state index contributed by atoms with van der Waals surface area (Å²) in [5.74, 6) is -0.425. The van der Waals surface area contributed by atoms with E-state index in [1.165, 1.54) is 12.1 Å². The molecule has 1 fully saturated rings. The molecule has 2 rings (SSSR count). The average Bonchev–Trinajstić information content (AvgIpc) is 2.41. The number of ether oxygens (including phenoxy) is 1. The molecule has 4 nitrogen and oxygen atoms in total. The smallest absolute Gasteiger partial charge is 0.263 e. The molecular formula is C13H17FN2O2. The summed E-state index contributed by atoms with van der Waals surface area (Å²) < 4.78 is 18.8. The lowest BCUT2D eigenvalue weighted by Gasteiger charge is -2.29. The van der Waals surface area contributed by atoms with Crippen molar-refractivity contribution in [3.05, 3.63) is 30.1 Å². The van der Waals surface area contributed by atoms with E-state index in [2.05, 4.69) is 5.32 Å². The number of hydrogen-bond acceptors (Lipinski definition) is 3. The fraction of sp³-hybridized carbons (Fsp3) is 0.462. The molecule has 0 radical (unpaired) electrons. The minimum absolute atomic E-state index is 0.0975. The highest BCUT2D eigenvalue weighted by Crippen LogP contribution is 2.17. The second kappa shape index (κ2) is 5.82. The molecular weight excluding hydrogens is 235 g/mol. The van der Waals surface area contributed by atoms with Gasteiger partial charge in [-0.25, -0.2) is 4.39 Å². The van der Waals surface area contributed by atoms with Crippen LogP contribution in [0.1, 0.15) is 6.92 Å². The van der Waals surface area contributed by atoms with E-state index in [4.69, 9.17) is 4.74 Å². The normalized spacial score (nSPS) is 17.3. The van der Waals surface area contributed by atoms with Gasteiger partial charge in [0.1, 0.15) is 0 Å². The fourth-order valence-electron chi connectivity index (χ4n) is 1.92. The molecule has 0 unspecified atom stereocenters. The van der Waals surface area contributed by atoms with Crippen molar-refractivity contribution >= 4 is 5.91 Å². The monoisotopic (exact) mass is 252 g/mol. The minimum Gasteiger partial charge on any atom is -0.478 e. The van der Waals surface area contributed by atoms with E-state index in [0.717, 1.165) is 13.1 Å². The van der Waals surface area contributed by atoms with Gasteiger partial charge in [-0.15, -0.1) is 0 Å². The van der Waals surface area contributed by atoms with E-state index in [1.54, 1.807) is 24.0 Å². The van der Waals surface area contributed by atoms with E-state index in [1.807, 2.05) is 0 Å². The zero-order chi connectivity index (χ0) is 13.0. The second-order valence-corrected chi connectivity index (χ2v) is 4.27. The van der Waals surface area contributed by atoms with Crippen molar-refractivity contribution in [3.63, 3.8) is 0 Å². The molecule has 1 aromatic rings. The first-order chi connectivity index (χ1) is 8.68. The Hall–Kier alpha value is -1.62. The Kier molecular flexibility index (Phi) is 4.15. The number of carbonyl (C=O) groups excluding carboxylic acids is 1. The van der Waals surface area contributed by atoms with Crippen LogP contribution in [0.4, 0.5) is 4.39 Å². The zero-order valence-electron chi connectivity index (χ0n) is 10.4. The van der Waals surface area contributed by atoms with Crippen molar-refractivity contribution < 1.29 is 13.9 Å². The van der Waals surface area contributed by atoms with Crippen LogP contribution in [-0.2, 0) is 4.79 Å². The van der Waals surface area contributed by atoms with Gasteiger partial charge in [-0.3, -0.25) is 4.79 Å². The van der Waals surface area contributed by atoms with Crippen LogP contribution in [-0.4, -0.2) is 43.1 Å². The number of hydrogen-bond donors (Lipinski definition) is 1. The van der Waals surface area contributed by atoms with E-state index >= 15 is 0 Å². The van der Waals surface area contributed by atoms with Crippen LogP contribution in [0.2, 0.25) is 0 Å². The molecule has 1 atom stereocenters. The maximum atomic E-state index is 13.4. The molecule has 18 heavy (non-hydrogen) atoms. The number of amides is 1. The third-order valence-electron chi connectivity index (χ3n) is 2.92. The molecule has 1 aliphatic rings. The summed E-state index contributed by atoms with van der Waals surface area (Å²) in [4.78, 5) is 13.8. The molecule has 98 valence electrons. The predicted molar refractivity (Wildman–Crippen MR) is 65.9 cm³/mol. The number of para-hydroxylation sites is 1. The van der Waals surface area contributed by atoms with Gasteiger partial charge in [0.15, 0.2) is 17.7 Å². The SMILES string of the molecule is C[C@H](Oc1ccccc1F)C(=O)N1CCNCC1. The Morgan fingerprint density at radius 1 is 1.39 bits per heavy atom. The predicted octanol–water partition coefficient (Wildman–Crippen LogP) is 1.02. The van der Waals surface area contributed by atoms with Crippen LogP contribution >= 0.6 is 0 Å². The molecule has 5 heteroatoms. The third-order valence-corrected chi connectivity index (χ3v) is 2.92. The van der Waals surface area contributed by atoms with Crippen LogP contribution in [0, 0.1) is 5.82 Å². The Bertz CT molecular complexity index is 419. The van der Waals surface area contributed by atoms with Gasteiger partial charge < -0.3 is 15.0 Å². The summed E-state index contributed by atoms with van der Waals surface area (Å²) in [6, 6.07) is 6.11. The first-order valence-corrected chi connectivity index (χ1v) is 6.09. The Balaban J connectivity index is 1.96. The first kappa shape index (κ1) is 12.8. The highest BCUT2D eigenvalue weighted by atomic mass is 19.1. The van der Waals surface area contributed by atoms with Crippen LogP contribution in [0.15, 0.2) is 24.3 Å². The molecule has 1 aromatic carbocycles. The van der Waals surface area contributed by atoms with Gasteiger partial charge in [-0.2, -0.15) is 0 Å². The van der Waals surface area contributed by atoms with Gasteiger partial charge in [-0.05, 0) is 19.1 Å². The number of rotatable bonds is 3. The molecule has 1 saturated heterocycles. The van der Waals surface area contributed by atoms with Crippen molar-refractivity contribution in [3.8, 4) is 5.75 Å². The van der Waals surface area contributed by atoms with E-state index in [0.29, 0.717) is 13.1 Å². The zero-order valence-corrected chi connectivity index (χ0v) is 10.4. The Labute approximate surface area is 106 Å². The maximum Gasteiger partial charge on any atom is 0.263 e. The lowest BCUT2D eigenvalue weighted by molar-refractivity contribution is -0.138. The standard InChI is InChI=1S/C13H17FN2O2/c1-10(13(17)16-8-6-15-7-9-16)18-12-5-3-2-4-11(12)14/h2-5,10,15H,6-9H2,1H3/t10-/m0/s1. The van der Waals surface area contributed by atoms with Gasteiger partial charge in [0.05, 0.1) is 0 Å². The summed E-state index contributed by atoms with van der Waals surface area (Å²) in [6.45, 7) is 4.57.